The number of amides is 1. The lowest BCUT2D eigenvalue weighted by molar-refractivity contribution is -0.305. The van der Waals surface area contributed by atoms with E-state index in [1.807, 2.05) is 18.2 Å². The van der Waals surface area contributed by atoms with Crippen molar-refractivity contribution < 1.29 is 19.4 Å². The Morgan fingerprint density at radius 3 is 2.50 bits per heavy atom. The third-order valence-electron chi connectivity index (χ3n) is 10.3. The first kappa shape index (κ1) is 27.4. The van der Waals surface area contributed by atoms with Gasteiger partial charge in [-0.3, -0.25) is 4.79 Å². The fraction of sp³-hybridized carbons (Fsp3) is 0.432. The standard InChI is InChI=1S/C37H39N3O4/c1-38(16-8-15-31(41)42)37(43)26-12-3-2-11-25(26)32-29-21-23-9-4-17-39-19-6-13-27(33(23)39)35(29)44-36-28-14-7-20-40-18-5-10-24(34(28)40)22-30(32)36/h2-3,11-12,21-22H,4-10,13-20H2,1H3. The summed E-state index contributed by atoms with van der Waals surface area (Å²) in [6, 6.07) is 12.7. The van der Waals surface area contributed by atoms with Crippen molar-refractivity contribution in [2.24, 2.45) is 0 Å². The van der Waals surface area contributed by atoms with Gasteiger partial charge >= 0.3 is 0 Å². The van der Waals surface area contributed by atoms with Gasteiger partial charge in [-0.15, -0.1) is 0 Å². The largest absolute Gasteiger partial charge is 0.550 e. The summed E-state index contributed by atoms with van der Waals surface area (Å²) in [7, 11) is 1.76. The molecule has 0 saturated carbocycles. The van der Waals surface area contributed by atoms with Gasteiger partial charge in [0, 0.05) is 84.2 Å². The average Bonchev–Trinajstić information content (AvgIpc) is 3.04. The normalized spacial score (nSPS) is 17.6. The minimum absolute atomic E-state index is 0.0649. The summed E-state index contributed by atoms with van der Waals surface area (Å²) in [6.07, 6.45) is 8.93. The monoisotopic (exact) mass is 589 g/mol. The van der Waals surface area contributed by atoms with Gasteiger partial charge in [-0.25, -0.2) is 4.58 Å². The number of hydrogen-bond acceptors (Lipinski definition) is 5. The molecule has 0 radical (unpaired) electrons. The molecule has 3 aromatic carbocycles. The molecule has 5 aliphatic rings. The number of rotatable bonds is 6. The van der Waals surface area contributed by atoms with Crippen LogP contribution in [0.25, 0.3) is 5.57 Å². The molecule has 0 N–H and O–H groups in total. The Kier molecular flexibility index (Phi) is 6.73. The van der Waals surface area contributed by atoms with E-state index >= 15 is 0 Å². The summed E-state index contributed by atoms with van der Waals surface area (Å²) in [5, 5.41) is 13.5. The highest BCUT2D eigenvalue weighted by atomic mass is 16.5. The minimum Gasteiger partial charge on any atom is -0.550 e. The number of carbonyl (C=O) groups excluding carboxylic acids is 2. The molecule has 44 heavy (non-hydrogen) atoms. The number of anilines is 1. The number of benzene rings is 3. The maximum Gasteiger partial charge on any atom is 0.254 e. The Bertz CT molecular complexity index is 1850. The van der Waals surface area contributed by atoms with Crippen molar-refractivity contribution in [3.8, 4) is 11.5 Å². The van der Waals surface area contributed by atoms with Crippen LogP contribution in [0.4, 0.5) is 5.69 Å². The van der Waals surface area contributed by atoms with E-state index in [1.165, 1.54) is 33.3 Å². The number of carboxylic acid groups (broad SMARTS) is 1. The Labute approximate surface area is 258 Å². The van der Waals surface area contributed by atoms with Gasteiger partial charge in [-0.1, -0.05) is 18.2 Å². The first-order valence-corrected chi connectivity index (χ1v) is 16.5. The molecule has 5 heterocycles. The molecule has 8 rings (SSSR count). The van der Waals surface area contributed by atoms with Crippen LogP contribution >= 0.6 is 0 Å². The zero-order valence-electron chi connectivity index (χ0n) is 25.5. The van der Waals surface area contributed by atoms with Gasteiger partial charge in [-0.05, 0) is 80.7 Å². The second-order valence-electron chi connectivity index (χ2n) is 13.1. The van der Waals surface area contributed by atoms with Crippen LogP contribution < -0.4 is 29.9 Å². The molecule has 1 amide bonds. The molecular weight excluding hydrogens is 550 g/mol. The third kappa shape index (κ3) is 4.34. The minimum atomic E-state index is -1.09. The number of aliphatic carboxylic acids is 1. The molecular formula is C37H39N3O4. The molecule has 5 aliphatic heterocycles. The van der Waals surface area contributed by atoms with Crippen LogP contribution in [-0.4, -0.2) is 56.5 Å². The topological polar surface area (TPSA) is 75.9 Å². The van der Waals surface area contributed by atoms with E-state index in [-0.39, 0.29) is 12.3 Å². The second-order valence-corrected chi connectivity index (χ2v) is 13.1. The van der Waals surface area contributed by atoms with Crippen LogP contribution in [0, 0.1) is 0 Å². The van der Waals surface area contributed by atoms with Crippen molar-refractivity contribution in [2.45, 2.75) is 64.2 Å². The van der Waals surface area contributed by atoms with Gasteiger partial charge in [-0.2, -0.15) is 0 Å². The second kappa shape index (κ2) is 10.8. The molecule has 0 aromatic heterocycles. The van der Waals surface area contributed by atoms with Crippen LogP contribution in [0.2, 0.25) is 0 Å². The Morgan fingerprint density at radius 1 is 0.909 bits per heavy atom. The molecule has 226 valence electrons. The lowest BCUT2D eigenvalue weighted by atomic mass is 9.81. The van der Waals surface area contributed by atoms with E-state index in [4.69, 9.17) is 4.74 Å². The predicted octanol–water partition coefficient (Wildman–Crippen LogP) is 2.72. The maximum absolute atomic E-state index is 14.0. The average molecular weight is 590 g/mol. The number of nitrogens with zero attached hydrogens (tertiary/aromatic N) is 3. The van der Waals surface area contributed by atoms with Gasteiger partial charge in [0.25, 0.3) is 5.91 Å². The van der Waals surface area contributed by atoms with Gasteiger partial charge < -0.3 is 24.4 Å². The zero-order valence-corrected chi connectivity index (χ0v) is 25.5. The Hall–Kier alpha value is -4.13. The molecule has 7 nitrogen and oxygen atoms in total. The molecule has 7 heteroatoms. The number of hydrogen-bond donors (Lipinski definition) is 0. The smallest absolute Gasteiger partial charge is 0.254 e. The first-order chi connectivity index (χ1) is 21.5. The predicted molar refractivity (Wildman–Crippen MR) is 168 cm³/mol. The van der Waals surface area contributed by atoms with E-state index in [1.54, 1.807) is 11.9 Å². The van der Waals surface area contributed by atoms with Gasteiger partial charge in [0.05, 0.1) is 5.56 Å². The van der Waals surface area contributed by atoms with Crippen molar-refractivity contribution in [1.29, 1.82) is 0 Å². The number of carboxylic acids is 1. The fourth-order valence-electron chi connectivity index (χ4n) is 8.46. The van der Waals surface area contributed by atoms with Crippen molar-refractivity contribution >= 4 is 23.1 Å². The van der Waals surface area contributed by atoms with E-state index in [0.29, 0.717) is 18.5 Å². The highest BCUT2D eigenvalue weighted by Crippen LogP contribution is 2.48. The van der Waals surface area contributed by atoms with E-state index in [9.17, 15) is 14.7 Å². The van der Waals surface area contributed by atoms with Crippen LogP contribution in [0.1, 0.15) is 82.3 Å². The fourth-order valence-corrected chi connectivity index (χ4v) is 8.46. The lowest BCUT2D eigenvalue weighted by Crippen LogP contribution is -2.45. The highest BCUT2D eigenvalue weighted by Gasteiger charge is 2.36. The first-order valence-electron chi connectivity index (χ1n) is 16.5. The van der Waals surface area contributed by atoms with Gasteiger partial charge in [0.1, 0.15) is 24.6 Å². The van der Waals surface area contributed by atoms with Crippen molar-refractivity contribution in [3.63, 3.8) is 0 Å². The number of carbonyl (C=O) groups is 2. The molecule has 0 saturated heterocycles. The molecule has 0 atom stereocenters. The summed E-state index contributed by atoms with van der Waals surface area (Å²) >= 11 is 0. The van der Waals surface area contributed by atoms with E-state index < -0.39 is 5.97 Å². The van der Waals surface area contributed by atoms with Crippen LogP contribution in [-0.2, 0) is 30.5 Å². The summed E-state index contributed by atoms with van der Waals surface area (Å²) in [6.45, 7) is 4.75. The Morgan fingerprint density at radius 2 is 1.66 bits per heavy atom. The van der Waals surface area contributed by atoms with E-state index in [0.717, 1.165) is 111 Å². The molecule has 0 fully saturated rings. The third-order valence-corrected chi connectivity index (χ3v) is 10.3. The van der Waals surface area contributed by atoms with Crippen LogP contribution in [0.15, 0.2) is 36.4 Å². The van der Waals surface area contributed by atoms with Crippen molar-refractivity contribution in [2.75, 3.05) is 44.7 Å². The number of aryl methyl sites for hydroxylation is 2. The number of ether oxygens (including phenoxy) is 1. The molecule has 0 spiro atoms. The molecule has 0 unspecified atom stereocenters. The van der Waals surface area contributed by atoms with E-state index in [2.05, 4.69) is 27.7 Å². The summed E-state index contributed by atoms with van der Waals surface area (Å²) < 4.78 is 9.73. The SMILES string of the molecule is CN(CCCC(=O)[O-])C(=O)c1ccccc1C1=c2cc3c4c(c2Oc2c1cc1c5c2CCCN5CCC1)CCC[N+]=4CCC3. The summed E-state index contributed by atoms with van der Waals surface area (Å²) in [4.78, 5) is 29.3. The molecule has 0 bridgehead atoms. The van der Waals surface area contributed by atoms with Gasteiger partial charge in [0.2, 0.25) is 5.36 Å². The highest BCUT2D eigenvalue weighted by molar-refractivity contribution is 6.02. The maximum atomic E-state index is 14.0. The summed E-state index contributed by atoms with van der Waals surface area (Å²) in [5.74, 6) is 0.768. The quantitative estimate of drug-likeness (QED) is 0.324. The number of fused-ring (bicyclic) bond motifs is 4. The summed E-state index contributed by atoms with van der Waals surface area (Å²) in [5.41, 5.74) is 10.6. The Balaban J connectivity index is 1.40. The van der Waals surface area contributed by atoms with Gasteiger partial charge in [0.15, 0.2) is 0 Å². The zero-order chi connectivity index (χ0) is 29.9. The van der Waals surface area contributed by atoms with Crippen molar-refractivity contribution in [3.05, 3.63) is 85.9 Å². The van der Waals surface area contributed by atoms with Crippen LogP contribution in [0.3, 0.4) is 0 Å². The van der Waals surface area contributed by atoms with Crippen molar-refractivity contribution in [1.82, 2.24) is 9.48 Å². The molecule has 3 aromatic rings. The van der Waals surface area contributed by atoms with Crippen LogP contribution in [0.5, 0.6) is 11.5 Å². The molecule has 0 aliphatic carbocycles. The lowest BCUT2D eigenvalue weighted by Gasteiger charge is -2.39.